The number of alkyl halides is 6. The highest BCUT2D eigenvalue weighted by Gasteiger charge is 2.82. The number of amides is 1. The molecule has 0 aromatic heterocycles. The molecular weight excluding hydrogens is 510 g/mol. The van der Waals surface area contributed by atoms with Crippen molar-refractivity contribution in [2.24, 2.45) is 0 Å². The first-order chi connectivity index (χ1) is 14.8. The van der Waals surface area contributed by atoms with E-state index in [9.17, 15) is 52.8 Å². The Morgan fingerprint density at radius 1 is 0.939 bits per heavy atom. The van der Waals surface area contributed by atoms with E-state index in [2.05, 4.69) is 6.58 Å². The SMILES string of the molecule is C=C(C)C(=O)OCCC(=O)N1CCN(S(=O)(=O)C(F)(F)C(F)(F)C(F)(F)S(=O)(=O)CC)CC1. The zero-order valence-corrected chi connectivity index (χ0v) is 19.1. The highest BCUT2D eigenvalue weighted by atomic mass is 32.2. The van der Waals surface area contributed by atoms with Crippen molar-refractivity contribution in [3.05, 3.63) is 12.2 Å². The van der Waals surface area contributed by atoms with Crippen molar-refractivity contribution in [3.8, 4) is 0 Å². The zero-order valence-electron chi connectivity index (χ0n) is 17.5. The maximum absolute atomic E-state index is 14.2. The van der Waals surface area contributed by atoms with Gasteiger partial charge in [0.2, 0.25) is 15.7 Å². The number of nitrogens with zero attached hydrogens (tertiary/aromatic N) is 2. The van der Waals surface area contributed by atoms with Crippen molar-refractivity contribution in [2.75, 3.05) is 38.5 Å². The molecular formula is C16H22F6N2O7S2. The number of hydrogen-bond donors (Lipinski definition) is 0. The van der Waals surface area contributed by atoms with Crippen LogP contribution in [0.4, 0.5) is 26.3 Å². The van der Waals surface area contributed by atoms with Crippen LogP contribution in [0, 0.1) is 0 Å². The van der Waals surface area contributed by atoms with Gasteiger partial charge < -0.3 is 9.64 Å². The van der Waals surface area contributed by atoms with Gasteiger partial charge in [0.25, 0.3) is 10.0 Å². The molecule has 0 aliphatic carbocycles. The van der Waals surface area contributed by atoms with Crippen LogP contribution >= 0.6 is 0 Å². The maximum Gasteiger partial charge on any atom is 0.428 e. The number of rotatable bonds is 10. The lowest BCUT2D eigenvalue weighted by molar-refractivity contribution is -0.245. The minimum Gasteiger partial charge on any atom is -0.462 e. The predicted octanol–water partition coefficient (Wildman–Crippen LogP) is 1.23. The summed E-state index contributed by atoms with van der Waals surface area (Å²) in [7, 11) is -12.6. The number of sulfone groups is 1. The third-order valence-corrected chi connectivity index (χ3v) is 8.40. The smallest absolute Gasteiger partial charge is 0.428 e. The number of sulfonamides is 1. The van der Waals surface area contributed by atoms with Crippen LogP contribution in [0.3, 0.4) is 0 Å². The maximum atomic E-state index is 14.2. The summed E-state index contributed by atoms with van der Waals surface area (Å²) in [5, 5.41) is -12.8. The van der Waals surface area contributed by atoms with Crippen molar-refractivity contribution in [2.45, 2.75) is 36.7 Å². The molecule has 33 heavy (non-hydrogen) atoms. The highest BCUT2D eigenvalue weighted by Crippen LogP contribution is 2.51. The Kier molecular flexibility index (Phi) is 8.63. The van der Waals surface area contributed by atoms with E-state index in [0.29, 0.717) is 6.92 Å². The molecule has 17 heteroatoms. The Bertz CT molecular complexity index is 991. The van der Waals surface area contributed by atoms with Gasteiger partial charge in [-0.1, -0.05) is 13.5 Å². The minimum absolute atomic E-state index is 0.0660. The van der Waals surface area contributed by atoms with E-state index >= 15 is 0 Å². The first-order valence-corrected chi connectivity index (χ1v) is 12.3. The molecule has 0 atom stereocenters. The molecule has 1 amide bonds. The lowest BCUT2D eigenvalue weighted by atomic mass is 10.3. The second-order valence-corrected chi connectivity index (χ2v) is 11.3. The van der Waals surface area contributed by atoms with Crippen LogP contribution in [0.25, 0.3) is 0 Å². The highest BCUT2D eigenvalue weighted by molar-refractivity contribution is 7.92. The Morgan fingerprint density at radius 2 is 1.42 bits per heavy atom. The summed E-state index contributed by atoms with van der Waals surface area (Å²) in [5.74, 6) is -9.88. The molecule has 1 fully saturated rings. The van der Waals surface area contributed by atoms with Gasteiger partial charge >= 0.3 is 22.4 Å². The van der Waals surface area contributed by atoms with Gasteiger partial charge in [-0.2, -0.15) is 30.6 Å². The normalized spacial score (nSPS) is 17.0. The molecule has 0 radical (unpaired) electrons. The second kappa shape index (κ2) is 9.77. The van der Waals surface area contributed by atoms with E-state index in [1.165, 1.54) is 6.92 Å². The van der Waals surface area contributed by atoms with Gasteiger partial charge in [-0.25, -0.2) is 21.6 Å². The molecule has 0 bridgehead atoms. The van der Waals surface area contributed by atoms with Crippen molar-refractivity contribution in [3.63, 3.8) is 0 Å². The van der Waals surface area contributed by atoms with Crippen molar-refractivity contribution in [1.82, 2.24) is 9.21 Å². The molecule has 1 heterocycles. The van der Waals surface area contributed by atoms with E-state index in [1.807, 2.05) is 0 Å². The second-order valence-electron chi connectivity index (χ2n) is 6.96. The van der Waals surface area contributed by atoms with Crippen LogP contribution in [-0.4, -0.2) is 92.9 Å². The Hall–Kier alpha value is -1.88. The zero-order chi connectivity index (χ0) is 26.0. The fourth-order valence-corrected chi connectivity index (χ4v) is 4.93. The van der Waals surface area contributed by atoms with E-state index in [4.69, 9.17) is 4.74 Å². The average Bonchev–Trinajstić information content (AvgIpc) is 2.72. The summed E-state index contributed by atoms with van der Waals surface area (Å²) in [6.07, 6.45) is -0.360. The fourth-order valence-electron chi connectivity index (χ4n) is 2.56. The van der Waals surface area contributed by atoms with Crippen molar-refractivity contribution in [1.29, 1.82) is 0 Å². The first kappa shape index (κ1) is 29.2. The van der Waals surface area contributed by atoms with E-state index in [0.717, 1.165) is 4.90 Å². The third kappa shape index (κ3) is 5.29. The number of carbonyl (C=O) groups is 2. The summed E-state index contributed by atoms with van der Waals surface area (Å²) < 4.78 is 135. The topological polar surface area (TPSA) is 118 Å². The monoisotopic (exact) mass is 532 g/mol. The summed E-state index contributed by atoms with van der Waals surface area (Å²) in [4.78, 5) is 24.2. The van der Waals surface area contributed by atoms with Crippen molar-refractivity contribution >= 4 is 31.7 Å². The van der Waals surface area contributed by atoms with Crippen molar-refractivity contribution < 1.29 is 57.5 Å². The molecule has 0 N–H and O–H groups in total. The Morgan fingerprint density at radius 3 is 1.85 bits per heavy atom. The molecule has 0 aromatic carbocycles. The molecule has 1 rings (SSSR count). The first-order valence-electron chi connectivity index (χ1n) is 9.23. The fraction of sp³-hybridized carbons (Fsp3) is 0.750. The van der Waals surface area contributed by atoms with Gasteiger partial charge in [0.1, 0.15) is 6.61 Å². The molecule has 1 saturated heterocycles. The number of hydrogen-bond acceptors (Lipinski definition) is 7. The largest absolute Gasteiger partial charge is 0.462 e. The molecule has 1 aliphatic heterocycles. The third-order valence-electron chi connectivity index (χ3n) is 4.65. The van der Waals surface area contributed by atoms with Gasteiger partial charge in [0, 0.05) is 31.8 Å². The summed E-state index contributed by atoms with van der Waals surface area (Å²) in [6.45, 7) is 1.80. The van der Waals surface area contributed by atoms with Crippen LogP contribution in [0.1, 0.15) is 20.3 Å². The molecule has 1 aliphatic rings. The van der Waals surface area contributed by atoms with Crippen LogP contribution in [0.2, 0.25) is 0 Å². The summed E-state index contributed by atoms with van der Waals surface area (Å²) in [5.41, 5.74) is 0.0660. The molecule has 192 valence electrons. The molecule has 9 nitrogen and oxygen atoms in total. The lowest BCUT2D eigenvalue weighted by Crippen LogP contribution is -2.65. The van der Waals surface area contributed by atoms with Crippen LogP contribution in [0.15, 0.2) is 12.2 Å². The van der Waals surface area contributed by atoms with Crippen LogP contribution in [0.5, 0.6) is 0 Å². The number of carbonyl (C=O) groups excluding carboxylic acids is 2. The Labute approximate surface area is 186 Å². The van der Waals surface area contributed by atoms with E-state index in [1.54, 1.807) is 0 Å². The lowest BCUT2D eigenvalue weighted by Gasteiger charge is -2.38. The molecule has 0 unspecified atom stereocenters. The van der Waals surface area contributed by atoms with E-state index in [-0.39, 0.29) is 22.9 Å². The quantitative estimate of drug-likeness (QED) is 0.236. The number of halogens is 6. The number of esters is 1. The van der Waals surface area contributed by atoms with Crippen LogP contribution in [-0.2, 0) is 34.2 Å². The average molecular weight is 532 g/mol. The van der Waals surface area contributed by atoms with Gasteiger partial charge in [0.05, 0.1) is 12.2 Å². The predicted molar refractivity (Wildman–Crippen MR) is 102 cm³/mol. The molecule has 0 aromatic rings. The Balaban J connectivity index is 2.94. The molecule has 0 spiro atoms. The summed E-state index contributed by atoms with van der Waals surface area (Å²) >= 11 is 0. The number of ether oxygens (including phenoxy) is 1. The van der Waals surface area contributed by atoms with Gasteiger partial charge in [-0.15, -0.1) is 0 Å². The summed E-state index contributed by atoms with van der Waals surface area (Å²) in [6, 6.07) is 0. The van der Waals surface area contributed by atoms with Gasteiger partial charge in [-0.3, -0.25) is 4.79 Å². The standard InChI is InChI=1S/C16H22F6N2O7S2/c1-4-32(27,28)15(19,20)14(17,18)16(21,22)33(29,30)24-8-6-23(7-9-24)12(25)5-10-31-13(26)11(2)3/h2,4-10H2,1,3H3. The van der Waals surface area contributed by atoms with Crippen LogP contribution < -0.4 is 0 Å². The van der Waals surface area contributed by atoms with Gasteiger partial charge in [0.15, 0.2) is 0 Å². The number of piperazine rings is 1. The van der Waals surface area contributed by atoms with E-state index < -0.39 is 80.1 Å². The minimum atomic E-state index is -6.78. The van der Waals surface area contributed by atoms with Gasteiger partial charge in [-0.05, 0) is 6.92 Å². The molecule has 0 saturated carbocycles.